The average molecular weight is 226 g/mol. The predicted molar refractivity (Wildman–Crippen MR) is 62.9 cm³/mol. The highest BCUT2D eigenvalue weighted by atomic mass is 19.1. The SMILES string of the molecule is CCCN(CCN)c1ncnc(CC)c1F. The first kappa shape index (κ1) is 12.8. The van der Waals surface area contributed by atoms with Gasteiger partial charge in [-0.2, -0.15) is 0 Å². The van der Waals surface area contributed by atoms with Crippen molar-refractivity contribution < 1.29 is 4.39 Å². The van der Waals surface area contributed by atoms with Crippen molar-refractivity contribution in [1.29, 1.82) is 0 Å². The third kappa shape index (κ3) is 2.88. The fraction of sp³-hybridized carbons (Fsp3) is 0.636. The molecule has 5 heteroatoms. The summed E-state index contributed by atoms with van der Waals surface area (Å²) in [5, 5.41) is 0. The second-order valence-corrected chi connectivity index (χ2v) is 3.59. The number of rotatable bonds is 6. The number of hydrogen-bond donors (Lipinski definition) is 1. The lowest BCUT2D eigenvalue weighted by Crippen LogP contribution is -2.32. The van der Waals surface area contributed by atoms with Gasteiger partial charge >= 0.3 is 0 Å². The van der Waals surface area contributed by atoms with Crippen LogP contribution in [0.2, 0.25) is 0 Å². The lowest BCUT2D eigenvalue weighted by Gasteiger charge is -2.23. The monoisotopic (exact) mass is 226 g/mol. The number of hydrogen-bond acceptors (Lipinski definition) is 4. The van der Waals surface area contributed by atoms with Crippen molar-refractivity contribution in [3.8, 4) is 0 Å². The van der Waals surface area contributed by atoms with E-state index in [1.807, 2.05) is 18.7 Å². The fourth-order valence-corrected chi connectivity index (χ4v) is 1.61. The number of anilines is 1. The Bertz CT molecular complexity index is 324. The van der Waals surface area contributed by atoms with Crippen LogP contribution >= 0.6 is 0 Å². The largest absolute Gasteiger partial charge is 0.353 e. The van der Waals surface area contributed by atoms with Gasteiger partial charge in [0.25, 0.3) is 0 Å². The Balaban J connectivity index is 2.98. The molecule has 1 heterocycles. The molecule has 0 unspecified atom stereocenters. The fourth-order valence-electron chi connectivity index (χ4n) is 1.61. The molecule has 16 heavy (non-hydrogen) atoms. The molecule has 0 saturated heterocycles. The molecule has 0 aliphatic carbocycles. The quantitative estimate of drug-likeness (QED) is 0.795. The van der Waals surface area contributed by atoms with Crippen LogP contribution in [0.5, 0.6) is 0 Å². The minimum absolute atomic E-state index is 0.313. The van der Waals surface area contributed by atoms with Crippen molar-refractivity contribution in [3.05, 3.63) is 17.8 Å². The molecule has 4 nitrogen and oxygen atoms in total. The van der Waals surface area contributed by atoms with Gasteiger partial charge in [-0.1, -0.05) is 13.8 Å². The summed E-state index contributed by atoms with van der Waals surface area (Å²) >= 11 is 0. The maximum absolute atomic E-state index is 14.0. The first-order chi connectivity index (χ1) is 7.74. The number of nitrogens with zero attached hydrogens (tertiary/aromatic N) is 3. The minimum Gasteiger partial charge on any atom is -0.353 e. The second kappa shape index (κ2) is 6.37. The molecule has 0 aromatic carbocycles. The first-order valence-electron chi connectivity index (χ1n) is 5.68. The van der Waals surface area contributed by atoms with Gasteiger partial charge in [-0.15, -0.1) is 0 Å². The lowest BCUT2D eigenvalue weighted by atomic mass is 10.3. The Morgan fingerprint density at radius 1 is 1.31 bits per heavy atom. The molecular weight excluding hydrogens is 207 g/mol. The van der Waals surface area contributed by atoms with Crippen LogP contribution < -0.4 is 10.6 Å². The van der Waals surface area contributed by atoms with Gasteiger partial charge in [0.15, 0.2) is 11.6 Å². The standard InChI is InChI=1S/C11H19FN4/c1-3-6-16(7-5-13)11-10(12)9(4-2)14-8-15-11/h8H,3-7,13H2,1-2H3. The van der Waals surface area contributed by atoms with Crippen molar-refractivity contribution in [2.75, 3.05) is 24.5 Å². The minimum atomic E-state index is -0.313. The first-order valence-corrected chi connectivity index (χ1v) is 5.68. The average Bonchev–Trinajstić information content (AvgIpc) is 2.29. The summed E-state index contributed by atoms with van der Waals surface area (Å²) in [6, 6.07) is 0. The van der Waals surface area contributed by atoms with Crippen molar-refractivity contribution in [2.24, 2.45) is 5.73 Å². The highest BCUT2D eigenvalue weighted by Gasteiger charge is 2.15. The van der Waals surface area contributed by atoms with E-state index in [0.717, 1.165) is 13.0 Å². The van der Waals surface area contributed by atoms with Gasteiger partial charge in [-0.05, 0) is 12.8 Å². The molecule has 0 spiro atoms. The number of nitrogens with two attached hydrogens (primary N) is 1. The van der Waals surface area contributed by atoms with Crippen LogP contribution in [0.3, 0.4) is 0 Å². The van der Waals surface area contributed by atoms with E-state index < -0.39 is 0 Å². The zero-order valence-corrected chi connectivity index (χ0v) is 9.91. The smallest absolute Gasteiger partial charge is 0.187 e. The third-order valence-corrected chi connectivity index (χ3v) is 2.37. The molecule has 1 aromatic rings. The molecule has 90 valence electrons. The van der Waals surface area contributed by atoms with Gasteiger partial charge in [0.05, 0.1) is 5.69 Å². The molecule has 0 fully saturated rings. The third-order valence-electron chi connectivity index (χ3n) is 2.37. The Hall–Kier alpha value is -1.23. The van der Waals surface area contributed by atoms with Gasteiger partial charge in [0.2, 0.25) is 0 Å². The summed E-state index contributed by atoms with van der Waals surface area (Å²) in [4.78, 5) is 9.80. The Labute approximate surface area is 95.7 Å². The van der Waals surface area contributed by atoms with Crippen molar-refractivity contribution in [2.45, 2.75) is 26.7 Å². The van der Waals surface area contributed by atoms with Crippen LogP contribution in [0, 0.1) is 5.82 Å². The maximum Gasteiger partial charge on any atom is 0.187 e. The van der Waals surface area contributed by atoms with Crippen molar-refractivity contribution in [3.63, 3.8) is 0 Å². The molecule has 0 bridgehead atoms. The Kier molecular flexibility index (Phi) is 5.11. The summed E-state index contributed by atoms with van der Waals surface area (Å²) in [5.41, 5.74) is 5.97. The van der Waals surface area contributed by atoms with E-state index in [1.54, 1.807) is 0 Å². The molecule has 1 aromatic heterocycles. The van der Waals surface area contributed by atoms with Crippen molar-refractivity contribution >= 4 is 5.82 Å². The molecule has 0 aliphatic rings. The summed E-state index contributed by atoms with van der Waals surface area (Å²) in [6.07, 6.45) is 2.92. The molecular formula is C11H19FN4. The predicted octanol–water partition coefficient (Wildman–Crippen LogP) is 1.35. The molecule has 0 aliphatic heterocycles. The Morgan fingerprint density at radius 3 is 2.62 bits per heavy atom. The second-order valence-electron chi connectivity index (χ2n) is 3.59. The van der Waals surface area contributed by atoms with Crippen LogP contribution in [-0.4, -0.2) is 29.6 Å². The van der Waals surface area contributed by atoms with E-state index in [2.05, 4.69) is 9.97 Å². The summed E-state index contributed by atoms with van der Waals surface area (Å²) in [6.45, 7) is 5.79. The number of aromatic nitrogens is 2. The normalized spacial score (nSPS) is 10.5. The molecule has 0 radical (unpaired) electrons. The molecule has 2 N–H and O–H groups in total. The van der Waals surface area contributed by atoms with Crippen LogP contribution in [-0.2, 0) is 6.42 Å². The van der Waals surface area contributed by atoms with E-state index in [0.29, 0.717) is 31.0 Å². The van der Waals surface area contributed by atoms with E-state index in [9.17, 15) is 4.39 Å². The molecule has 0 atom stereocenters. The number of aryl methyl sites for hydroxylation is 1. The summed E-state index contributed by atoms with van der Waals surface area (Å²) in [5.74, 6) is 0.0612. The molecule has 1 rings (SSSR count). The van der Waals surface area contributed by atoms with Gasteiger partial charge in [-0.25, -0.2) is 14.4 Å². The Morgan fingerprint density at radius 2 is 2.06 bits per heavy atom. The zero-order valence-electron chi connectivity index (χ0n) is 9.91. The van der Waals surface area contributed by atoms with Gasteiger partial charge in [0.1, 0.15) is 6.33 Å². The topological polar surface area (TPSA) is 55.0 Å². The van der Waals surface area contributed by atoms with E-state index in [1.165, 1.54) is 6.33 Å². The van der Waals surface area contributed by atoms with Crippen LogP contribution in [0.25, 0.3) is 0 Å². The highest BCUT2D eigenvalue weighted by Crippen LogP contribution is 2.18. The van der Waals surface area contributed by atoms with Gasteiger partial charge in [-0.3, -0.25) is 0 Å². The van der Waals surface area contributed by atoms with Crippen LogP contribution in [0.4, 0.5) is 10.2 Å². The zero-order chi connectivity index (χ0) is 12.0. The molecule has 0 amide bonds. The maximum atomic E-state index is 14.0. The van der Waals surface area contributed by atoms with E-state index in [-0.39, 0.29) is 5.82 Å². The molecule has 0 saturated carbocycles. The summed E-state index contributed by atoms with van der Waals surface area (Å²) < 4.78 is 14.0. The van der Waals surface area contributed by atoms with E-state index in [4.69, 9.17) is 5.73 Å². The van der Waals surface area contributed by atoms with Gasteiger partial charge < -0.3 is 10.6 Å². The van der Waals surface area contributed by atoms with Gasteiger partial charge in [0, 0.05) is 19.6 Å². The van der Waals surface area contributed by atoms with Crippen molar-refractivity contribution in [1.82, 2.24) is 9.97 Å². The summed E-state index contributed by atoms with van der Waals surface area (Å²) in [7, 11) is 0. The highest BCUT2D eigenvalue weighted by molar-refractivity contribution is 5.40. The van der Waals surface area contributed by atoms with Crippen LogP contribution in [0.1, 0.15) is 26.0 Å². The van der Waals surface area contributed by atoms with Crippen LogP contribution in [0.15, 0.2) is 6.33 Å². The number of halogens is 1. The lowest BCUT2D eigenvalue weighted by molar-refractivity contribution is 0.581. The van der Waals surface area contributed by atoms with E-state index >= 15 is 0 Å².